The Morgan fingerprint density at radius 2 is 2.20 bits per heavy atom. The summed E-state index contributed by atoms with van der Waals surface area (Å²) in [6, 6.07) is 8.25. The molecule has 2 aromatic heterocycles. The van der Waals surface area contributed by atoms with Gasteiger partial charge in [-0.1, -0.05) is 0 Å². The van der Waals surface area contributed by atoms with E-state index in [4.69, 9.17) is 10.7 Å². The predicted molar refractivity (Wildman–Crippen MR) is 84.3 cm³/mol. The highest BCUT2D eigenvalue weighted by Crippen LogP contribution is 2.41. The van der Waals surface area contributed by atoms with Gasteiger partial charge >= 0.3 is 0 Å². The minimum atomic E-state index is 0.642. The third kappa shape index (κ3) is 1.91. The summed E-state index contributed by atoms with van der Waals surface area (Å²) in [5.74, 6) is 1.88. The van der Waals surface area contributed by atoms with Gasteiger partial charge < -0.3 is 10.3 Å². The minimum Gasteiger partial charge on any atom is -0.399 e. The first-order chi connectivity index (χ1) is 9.72. The standard InChI is InChI=1S/C16H17N3S/c1-10-6-7-20-15(10)9-19-14-5-4-12(17)8-13(14)18-16(19)11-2-3-11/h4-8,11H,2-3,9,17H2,1H3. The van der Waals surface area contributed by atoms with Crippen molar-refractivity contribution in [3.63, 3.8) is 0 Å². The van der Waals surface area contributed by atoms with E-state index in [1.165, 1.54) is 34.6 Å². The van der Waals surface area contributed by atoms with Gasteiger partial charge in [0.15, 0.2) is 0 Å². The van der Waals surface area contributed by atoms with Gasteiger partial charge in [0.05, 0.1) is 17.6 Å². The smallest absolute Gasteiger partial charge is 0.113 e. The van der Waals surface area contributed by atoms with Crippen LogP contribution in [-0.2, 0) is 6.54 Å². The number of hydrogen-bond donors (Lipinski definition) is 1. The molecule has 0 bridgehead atoms. The normalized spacial score (nSPS) is 15.1. The number of imidazole rings is 1. The van der Waals surface area contributed by atoms with E-state index < -0.39 is 0 Å². The largest absolute Gasteiger partial charge is 0.399 e. The van der Waals surface area contributed by atoms with Crippen LogP contribution in [0.4, 0.5) is 5.69 Å². The monoisotopic (exact) mass is 283 g/mol. The van der Waals surface area contributed by atoms with E-state index in [0.29, 0.717) is 5.92 Å². The summed E-state index contributed by atoms with van der Waals surface area (Å²) in [5, 5.41) is 2.17. The lowest BCUT2D eigenvalue weighted by molar-refractivity contribution is 0.752. The fraction of sp³-hybridized carbons (Fsp3) is 0.312. The lowest BCUT2D eigenvalue weighted by Crippen LogP contribution is -2.03. The summed E-state index contributed by atoms with van der Waals surface area (Å²) < 4.78 is 2.38. The van der Waals surface area contributed by atoms with Crippen molar-refractivity contribution in [2.45, 2.75) is 32.2 Å². The van der Waals surface area contributed by atoms with Gasteiger partial charge in [0.2, 0.25) is 0 Å². The zero-order valence-electron chi connectivity index (χ0n) is 11.5. The van der Waals surface area contributed by atoms with Crippen molar-refractivity contribution in [2.75, 3.05) is 5.73 Å². The lowest BCUT2D eigenvalue weighted by atomic mass is 10.2. The van der Waals surface area contributed by atoms with Gasteiger partial charge in [0, 0.05) is 16.5 Å². The Bertz CT molecular complexity index is 780. The Morgan fingerprint density at radius 3 is 2.90 bits per heavy atom. The highest BCUT2D eigenvalue weighted by atomic mass is 32.1. The zero-order chi connectivity index (χ0) is 13.7. The number of nitrogens with two attached hydrogens (primary N) is 1. The molecular weight excluding hydrogens is 266 g/mol. The van der Waals surface area contributed by atoms with Crippen LogP contribution in [0.3, 0.4) is 0 Å². The van der Waals surface area contributed by atoms with E-state index >= 15 is 0 Å². The van der Waals surface area contributed by atoms with E-state index in [1.54, 1.807) is 0 Å². The van der Waals surface area contributed by atoms with E-state index in [0.717, 1.165) is 17.7 Å². The molecule has 20 heavy (non-hydrogen) atoms. The molecule has 0 radical (unpaired) electrons. The second-order valence-corrected chi connectivity index (χ2v) is 6.61. The molecule has 0 aliphatic heterocycles. The molecule has 4 rings (SSSR count). The molecule has 0 spiro atoms. The summed E-state index contributed by atoms with van der Waals surface area (Å²) in [6.07, 6.45) is 2.53. The molecule has 1 aliphatic rings. The number of hydrogen-bond acceptors (Lipinski definition) is 3. The quantitative estimate of drug-likeness (QED) is 0.740. The Kier molecular flexibility index (Phi) is 2.60. The summed E-state index contributed by atoms with van der Waals surface area (Å²) in [5.41, 5.74) is 10.3. The van der Waals surface area contributed by atoms with Gasteiger partial charge in [-0.25, -0.2) is 4.98 Å². The van der Waals surface area contributed by atoms with Gasteiger partial charge in [-0.05, 0) is 55.0 Å². The number of thiophene rings is 1. The average molecular weight is 283 g/mol. The number of nitrogens with zero attached hydrogens (tertiary/aromatic N) is 2. The van der Waals surface area contributed by atoms with Crippen LogP contribution in [0.25, 0.3) is 11.0 Å². The topological polar surface area (TPSA) is 43.8 Å². The van der Waals surface area contributed by atoms with Gasteiger partial charge in [0.25, 0.3) is 0 Å². The van der Waals surface area contributed by atoms with Crippen LogP contribution in [0.5, 0.6) is 0 Å². The molecule has 0 amide bonds. The molecule has 2 heterocycles. The number of anilines is 1. The Balaban J connectivity index is 1.87. The van der Waals surface area contributed by atoms with Crippen molar-refractivity contribution < 1.29 is 0 Å². The molecule has 1 aliphatic carbocycles. The van der Waals surface area contributed by atoms with Crippen molar-refractivity contribution in [2.24, 2.45) is 0 Å². The van der Waals surface area contributed by atoms with Crippen LogP contribution in [-0.4, -0.2) is 9.55 Å². The summed E-state index contributed by atoms with van der Waals surface area (Å²) in [4.78, 5) is 6.25. The van der Waals surface area contributed by atoms with E-state index in [9.17, 15) is 0 Å². The van der Waals surface area contributed by atoms with Crippen molar-refractivity contribution in [3.05, 3.63) is 45.9 Å². The molecule has 102 valence electrons. The number of aryl methyl sites for hydroxylation is 1. The van der Waals surface area contributed by atoms with Gasteiger partial charge in [-0.3, -0.25) is 0 Å². The molecule has 1 saturated carbocycles. The first kappa shape index (κ1) is 12.0. The summed E-state index contributed by atoms with van der Waals surface area (Å²) >= 11 is 1.83. The molecule has 1 aromatic carbocycles. The number of benzene rings is 1. The van der Waals surface area contributed by atoms with Crippen molar-refractivity contribution in [1.82, 2.24) is 9.55 Å². The van der Waals surface area contributed by atoms with Crippen LogP contribution < -0.4 is 5.73 Å². The number of rotatable bonds is 3. The van der Waals surface area contributed by atoms with E-state index in [2.05, 4.69) is 29.0 Å². The summed E-state index contributed by atoms with van der Waals surface area (Å²) in [7, 11) is 0. The second-order valence-electron chi connectivity index (χ2n) is 5.61. The highest BCUT2D eigenvalue weighted by Gasteiger charge is 2.29. The van der Waals surface area contributed by atoms with Crippen LogP contribution in [0.15, 0.2) is 29.6 Å². The molecule has 1 fully saturated rings. The second kappa shape index (κ2) is 4.35. The first-order valence-corrected chi connectivity index (χ1v) is 7.89. The molecule has 4 heteroatoms. The first-order valence-electron chi connectivity index (χ1n) is 7.01. The molecule has 0 saturated heterocycles. The maximum Gasteiger partial charge on any atom is 0.113 e. The van der Waals surface area contributed by atoms with Crippen LogP contribution in [0, 0.1) is 6.92 Å². The third-order valence-electron chi connectivity index (χ3n) is 4.01. The molecule has 0 unspecified atom stereocenters. The van der Waals surface area contributed by atoms with Crippen molar-refractivity contribution in [3.8, 4) is 0 Å². The van der Waals surface area contributed by atoms with Crippen molar-refractivity contribution in [1.29, 1.82) is 0 Å². The Hall–Kier alpha value is -1.81. The predicted octanol–water partition coefficient (Wildman–Crippen LogP) is 3.91. The summed E-state index contributed by atoms with van der Waals surface area (Å²) in [6.45, 7) is 3.11. The number of nitrogen functional groups attached to an aromatic ring is 1. The third-order valence-corrected chi connectivity index (χ3v) is 5.02. The van der Waals surface area contributed by atoms with Crippen LogP contribution in [0.1, 0.15) is 35.0 Å². The molecule has 0 atom stereocenters. The van der Waals surface area contributed by atoms with Crippen LogP contribution >= 0.6 is 11.3 Å². The minimum absolute atomic E-state index is 0.642. The molecule has 2 N–H and O–H groups in total. The highest BCUT2D eigenvalue weighted by molar-refractivity contribution is 7.10. The van der Waals surface area contributed by atoms with Gasteiger partial charge in [-0.2, -0.15) is 0 Å². The SMILES string of the molecule is Cc1ccsc1Cn1c(C2CC2)nc2cc(N)ccc21. The van der Waals surface area contributed by atoms with Gasteiger partial charge in [0.1, 0.15) is 5.82 Å². The molecule has 3 nitrogen and oxygen atoms in total. The average Bonchev–Trinajstić information content (AvgIpc) is 3.11. The van der Waals surface area contributed by atoms with Crippen molar-refractivity contribution >= 4 is 28.1 Å². The fourth-order valence-corrected chi connectivity index (χ4v) is 3.59. The Morgan fingerprint density at radius 1 is 1.35 bits per heavy atom. The number of fused-ring (bicyclic) bond motifs is 1. The molecule has 3 aromatic rings. The number of aromatic nitrogens is 2. The lowest BCUT2D eigenvalue weighted by Gasteiger charge is -2.08. The zero-order valence-corrected chi connectivity index (χ0v) is 12.3. The van der Waals surface area contributed by atoms with E-state index in [-0.39, 0.29) is 0 Å². The van der Waals surface area contributed by atoms with E-state index in [1.807, 2.05) is 23.5 Å². The van der Waals surface area contributed by atoms with Gasteiger partial charge in [-0.15, -0.1) is 11.3 Å². The maximum absolute atomic E-state index is 5.89. The van der Waals surface area contributed by atoms with Crippen LogP contribution in [0.2, 0.25) is 0 Å². The Labute approximate surface area is 122 Å². The fourth-order valence-electron chi connectivity index (χ4n) is 2.69. The maximum atomic E-state index is 5.89. The molecular formula is C16H17N3S.